The van der Waals surface area contributed by atoms with E-state index in [0.717, 1.165) is 18.5 Å². The molecular weight excluding hydrogens is 328 g/mol. The van der Waals surface area contributed by atoms with Crippen LogP contribution in [-0.4, -0.2) is 22.0 Å². The minimum absolute atomic E-state index is 0.0686. The first-order valence-corrected chi connectivity index (χ1v) is 9.13. The summed E-state index contributed by atoms with van der Waals surface area (Å²) >= 11 is 0. The van der Waals surface area contributed by atoms with Crippen LogP contribution in [0.15, 0.2) is 30.5 Å². The van der Waals surface area contributed by atoms with Crippen molar-refractivity contribution in [3.63, 3.8) is 0 Å². The minimum Gasteiger partial charge on any atom is -0.478 e. The fraction of sp³-hybridized carbons (Fsp3) is 0.381. The molecule has 0 unspecified atom stereocenters. The Balaban J connectivity index is 1.61. The van der Waals surface area contributed by atoms with Gasteiger partial charge in [0.1, 0.15) is 5.69 Å². The molecule has 5 heteroatoms. The van der Waals surface area contributed by atoms with Crippen LogP contribution in [0.25, 0.3) is 0 Å². The largest absolute Gasteiger partial charge is 0.478 e. The molecular formula is C21H22N2O3. The normalized spacial score (nSPS) is 17.3. The summed E-state index contributed by atoms with van der Waals surface area (Å²) in [6.45, 7) is 2.37. The first-order valence-electron chi connectivity index (χ1n) is 9.13. The first-order chi connectivity index (χ1) is 12.5. The smallest absolute Gasteiger partial charge is 0.337 e. The molecule has 1 aromatic carbocycles. The summed E-state index contributed by atoms with van der Waals surface area (Å²) < 4.78 is 0. The average molecular weight is 350 g/mol. The summed E-state index contributed by atoms with van der Waals surface area (Å²) in [5.74, 6) is -1.37. The quantitative estimate of drug-likeness (QED) is 0.878. The summed E-state index contributed by atoms with van der Waals surface area (Å²) in [6.07, 6.45) is 8.22. The first kappa shape index (κ1) is 16.8. The molecule has 26 heavy (non-hydrogen) atoms. The highest BCUT2D eigenvalue weighted by Gasteiger charge is 2.36. The van der Waals surface area contributed by atoms with Crippen molar-refractivity contribution in [1.82, 2.24) is 4.98 Å². The van der Waals surface area contributed by atoms with E-state index in [1.807, 2.05) is 0 Å². The van der Waals surface area contributed by atoms with Gasteiger partial charge in [0.2, 0.25) is 0 Å². The van der Waals surface area contributed by atoms with Gasteiger partial charge >= 0.3 is 5.97 Å². The summed E-state index contributed by atoms with van der Waals surface area (Å²) in [6, 6.07) is 7.04. The molecule has 2 aliphatic carbocycles. The molecule has 0 atom stereocenters. The van der Waals surface area contributed by atoms with Crippen LogP contribution in [0.3, 0.4) is 0 Å². The monoisotopic (exact) mass is 350 g/mol. The van der Waals surface area contributed by atoms with Gasteiger partial charge in [-0.05, 0) is 84.9 Å². The minimum atomic E-state index is -1.05. The number of nitrogens with one attached hydrogen (secondary N) is 1. The number of aromatic nitrogens is 1. The van der Waals surface area contributed by atoms with Crippen LogP contribution in [0, 0.1) is 0 Å². The van der Waals surface area contributed by atoms with E-state index in [0.29, 0.717) is 0 Å². The Hall–Kier alpha value is -2.69. The van der Waals surface area contributed by atoms with E-state index in [1.54, 1.807) is 0 Å². The maximum atomic E-state index is 12.5. The molecule has 1 heterocycles. The molecule has 1 aromatic heterocycles. The Morgan fingerprint density at radius 1 is 1.12 bits per heavy atom. The highest BCUT2D eigenvalue weighted by Crippen LogP contribution is 2.46. The van der Waals surface area contributed by atoms with Gasteiger partial charge in [0.05, 0.1) is 5.56 Å². The summed E-state index contributed by atoms with van der Waals surface area (Å²) in [5.41, 5.74) is 5.61. The lowest BCUT2D eigenvalue weighted by Gasteiger charge is -2.41. The van der Waals surface area contributed by atoms with Gasteiger partial charge in [-0.3, -0.25) is 9.78 Å². The standard InChI is InChI=1S/C21H22N2O3/c1-21-8-2-4-13-10-16(11-14(18(13)21)5-3-9-21)23-19(24)17-7-6-15(12-22-17)20(25)26/h6-7,10-12H,2-5,8-9H2,1H3,(H,23,24)(H,25,26). The SMILES string of the molecule is CC12CCCc3cc(NC(=O)c4ccc(C(=O)O)cn4)cc(c31)CCC2. The van der Waals surface area contributed by atoms with Gasteiger partial charge in [-0.2, -0.15) is 0 Å². The van der Waals surface area contributed by atoms with Crippen LogP contribution in [0.5, 0.6) is 0 Å². The molecule has 0 aliphatic heterocycles. The fourth-order valence-electron chi connectivity index (χ4n) is 4.57. The second-order valence-corrected chi connectivity index (χ2v) is 7.63. The van der Waals surface area contributed by atoms with Gasteiger partial charge < -0.3 is 10.4 Å². The molecule has 5 nitrogen and oxygen atoms in total. The lowest BCUT2D eigenvalue weighted by molar-refractivity contribution is 0.0695. The molecule has 2 aliphatic rings. The number of hydrogen-bond acceptors (Lipinski definition) is 3. The van der Waals surface area contributed by atoms with Gasteiger partial charge in [-0.25, -0.2) is 4.79 Å². The van der Waals surface area contributed by atoms with Crippen molar-refractivity contribution in [3.8, 4) is 0 Å². The number of hydrogen-bond donors (Lipinski definition) is 2. The maximum Gasteiger partial charge on any atom is 0.337 e. The number of nitrogens with zero attached hydrogens (tertiary/aromatic N) is 1. The predicted molar refractivity (Wildman–Crippen MR) is 98.8 cm³/mol. The lowest BCUT2D eigenvalue weighted by Crippen LogP contribution is -2.32. The van der Waals surface area contributed by atoms with Crippen LogP contribution >= 0.6 is 0 Å². The number of aryl methyl sites for hydroxylation is 2. The summed E-state index contributed by atoms with van der Waals surface area (Å²) in [5, 5.41) is 11.9. The predicted octanol–water partition coefficient (Wildman–Crippen LogP) is 3.96. The van der Waals surface area contributed by atoms with Gasteiger partial charge in [-0.1, -0.05) is 6.92 Å². The van der Waals surface area contributed by atoms with Crippen LogP contribution in [0.4, 0.5) is 5.69 Å². The number of pyridine rings is 1. The average Bonchev–Trinajstić information content (AvgIpc) is 2.61. The second-order valence-electron chi connectivity index (χ2n) is 7.63. The summed E-state index contributed by atoms with van der Waals surface area (Å²) in [4.78, 5) is 27.3. The number of carbonyl (C=O) groups is 2. The molecule has 2 aromatic rings. The van der Waals surface area contributed by atoms with E-state index in [2.05, 4.69) is 29.4 Å². The molecule has 1 amide bonds. The molecule has 0 bridgehead atoms. The van der Waals surface area contributed by atoms with Crippen molar-refractivity contribution < 1.29 is 14.7 Å². The Morgan fingerprint density at radius 3 is 2.31 bits per heavy atom. The molecule has 0 saturated carbocycles. The number of anilines is 1. The molecule has 2 N–H and O–H groups in total. The van der Waals surface area contributed by atoms with E-state index in [4.69, 9.17) is 5.11 Å². The van der Waals surface area contributed by atoms with Gasteiger partial charge in [0.25, 0.3) is 5.91 Å². The van der Waals surface area contributed by atoms with Crippen molar-refractivity contribution in [1.29, 1.82) is 0 Å². The van der Waals surface area contributed by atoms with Gasteiger partial charge in [-0.15, -0.1) is 0 Å². The number of carboxylic acid groups (broad SMARTS) is 1. The number of carbonyl (C=O) groups excluding carboxylic acids is 1. The molecule has 134 valence electrons. The molecule has 0 fully saturated rings. The number of aromatic carboxylic acids is 1. The Labute approximate surface area is 152 Å². The number of carboxylic acids is 1. The van der Waals surface area contributed by atoms with Crippen LogP contribution in [0.1, 0.15) is 70.1 Å². The highest BCUT2D eigenvalue weighted by molar-refractivity contribution is 6.03. The molecule has 0 radical (unpaired) electrons. The topological polar surface area (TPSA) is 79.3 Å². The van der Waals surface area contributed by atoms with Crippen molar-refractivity contribution in [2.75, 3.05) is 5.32 Å². The van der Waals surface area contributed by atoms with Crippen molar-refractivity contribution in [3.05, 3.63) is 58.4 Å². The third kappa shape index (κ3) is 2.87. The Morgan fingerprint density at radius 2 is 1.77 bits per heavy atom. The summed E-state index contributed by atoms with van der Waals surface area (Å²) in [7, 11) is 0. The van der Waals surface area contributed by atoms with Crippen molar-refractivity contribution >= 4 is 17.6 Å². The second kappa shape index (κ2) is 6.24. The zero-order valence-corrected chi connectivity index (χ0v) is 14.8. The van der Waals surface area contributed by atoms with Gasteiger partial charge in [0.15, 0.2) is 0 Å². The van der Waals surface area contributed by atoms with E-state index in [9.17, 15) is 9.59 Å². The zero-order chi connectivity index (χ0) is 18.3. The fourth-order valence-corrected chi connectivity index (χ4v) is 4.57. The van der Waals surface area contributed by atoms with Crippen LogP contribution in [-0.2, 0) is 18.3 Å². The third-order valence-corrected chi connectivity index (χ3v) is 5.76. The molecule has 0 spiro atoms. The van der Waals surface area contributed by atoms with Crippen molar-refractivity contribution in [2.45, 2.75) is 50.9 Å². The molecule has 4 rings (SSSR count). The Kier molecular flexibility index (Phi) is 4.02. The van der Waals surface area contributed by atoms with Gasteiger partial charge in [0, 0.05) is 11.9 Å². The van der Waals surface area contributed by atoms with E-state index < -0.39 is 5.97 Å². The zero-order valence-electron chi connectivity index (χ0n) is 14.8. The number of benzene rings is 1. The Bertz CT molecular complexity index is 856. The third-order valence-electron chi connectivity index (χ3n) is 5.76. The van der Waals surface area contributed by atoms with E-state index >= 15 is 0 Å². The molecule has 0 saturated heterocycles. The maximum absolute atomic E-state index is 12.5. The number of amides is 1. The van der Waals surface area contributed by atoms with Crippen LogP contribution in [0.2, 0.25) is 0 Å². The van der Waals surface area contributed by atoms with E-state index in [1.165, 1.54) is 60.7 Å². The lowest BCUT2D eigenvalue weighted by atomic mass is 9.63. The number of rotatable bonds is 3. The van der Waals surface area contributed by atoms with Crippen LogP contribution < -0.4 is 5.32 Å². The van der Waals surface area contributed by atoms with E-state index in [-0.39, 0.29) is 22.6 Å². The highest BCUT2D eigenvalue weighted by atomic mass is 16.4. The van der Waals surface area contributed by atoms with Crippen molar-refractivity contribution in [2.24, 2.45) is 0 Å².